The molecule has 2 aromatic carbocycles. The third kappa shape index (κ3) is 4.51. The first kappa shape index (κ1) is 15.4. The Morgan fingerprint density at radius 1 is 1.20 bits per heavy atom. The van der Waals surface area contributed by atoms with Crippen LogP contribution in [0.1, 0.15) is 11.1 Å². The molecule has 20 heavy (non-hydrogen) atoms. The third-order valence-corrected chi connectivity index (χ3v) is 4.42. The number of halogens is 2. The van der Waals surface area contributed by atoms with Gasteiger partial charge in [-0.2, -0.15) is 0 Å². The van der Waals surface area contributed by atoms with Crippen LogP contribution in [0.4, 0.5) is 4.39 Å². The standard InChI is InChI=1S/C16H17ClFNS/c1-11-2-6-15(7-3-11)20-10-14(19)8-12-4-5-13(17)9-16(12)18/h2-7,9,14H,8,10,19H2,1H3. The SMILES string of the molecule is Cc1ccc(SCC(N)Cc2ccc(Cl)cc2F)cc1. The van der Waals surface area contributed by atoms with Crippen LogP contribution in [-0.2, 0) is 6.42 Å². The lowest BCUT2D eigenvalue weighted by atomic mass is 10.1. The molecule has 0 bridgehead atoms. The van der Waals surface area contributed by atoms with E-state index in [1.54, 1.807) is 23.9 Å². The molecular weight excluding hydrogens is 293 g/mol. The summed E-state index contributed by atoms with van der Waals surface area (Å²) in [7, 11) is 0. The fraction of sp³-hybridized carbons (Fsp3) is 0.250. The highest BCUT2D eigenvalue weighted by Crippen LogP contribution is 2.21. The van der Waals surface area contributed by atoms with Crippen LogP contribution in [0.25, 0.3) is 0 Å². The minimum atomic E-state index is -0.284. The molecule has 2 aromatic rings. The fourth-order valence-electron chi connectivity index (χ4n) is 1.87. The topological polar surface area (TPSA) is 26.0 Å². The molecule has 2 N–H and O–H groups in total. The molecule has 1 nitrogen and oxygen atoms in total. The van der Waals surface area contributed by atoms with Crippen molar-refractivity contribution in [3.63, 3.8) is 0 Å². The smallest absolute Gasteiger partial charge is 0.127 e. The number of aryl methyl sites for hydroxylation is 1. The van der Waals surface area contributed by atoms with Crippen LogP contribution < -0.4 is 5.73 Å². The fourth-order valence-corrected chi connectivity index (χ4v) is 2.88. The summed E-state index contributed by atoms with van der Waals surface area (Å²) in [5.74, 6) is 0.471. The zero-order valence-corrected chi connectivity index (χ0v) is 12.8. The van der Waals surface area contributed by atoms with Crippen LogP contribution in [0.2, 0.25) is 5.02 Å². The molecule has 1 unspecified atom stereocenters. The molecule has 0 aliphatic rings. The van der Waals surface area contributed by atoms with Crippen LogP contribution in [0.5, 0.6) is 0 Å². The molecule has 0 radical (unpaired) electrons. The largest absolute Gasteiger partial charge is 0.327 e. The first-order valence-electron chi connectivity index (χ1n) is 6.43. The molecule has 0 fully saturated rings. The summed E-state index contributed by atoms with van der Waals surface area (Å²) < 4.78 is 13.7. The van der Waals surface area contributed by atoms with E-state index in [2.05, 4.69) is 31.2 Å². The summed E-state index contributed by atoms with van der Waals surface area (Å²) in [6.07, 6.45) is 0.516. The maximum absolute atomic E-state index is 13.7. The van der Waals surface area contributed by atoms with Crippen LogP contribution in [0.3, 0.4) is 0 Å². The van der Waals surface area contributed by atoms with E-state index in [1.807, 2.05) is 0 Å². The second-order valence-corrected chi connectivity index (χ2v) is 6.35. The molecule has 0 amide bonds. The summed E-state index contributed by atoms with van der Waals surface area (Å²) in [4.78, 5) is 1.18. The number of hydrogen-bond donors (Lipinski definition) is 1. The maximum atomic E-state index is 13.7. The number of hydrogen-bond acceptors (Lipinski definition) is 2. The van der Waals surface area contributed by atoms with Crippen LogP contribution in [-0.4, -0.2) is 11.8 Å². The van der Waals surface area contributed by atoms with Gasteiger partial charge in [0.1, 0.15) is 5.82 Å². The Morgan fingerprint density at radius 2 is 1.90 bits per heavy atom. The molecular formula is C16H17ClFNS. The average Bonchev–Trinajstić information content (AvgIpc) is 2.41. The molecule has 4 heteroatoms. The summed E-state index contributed by atoms with van der Waals surface area (Å²) in [5.41, 5.74) is 7.92. The van der Waals surface area contributed by atoms with E-state index in [9.17, 15) is 4.39 Å². The van der Waals surface area contributed by atoms with Crippen molar-refractivity contribution in [2.24, 2.45) is 5.73 Å². The minimum Gasteiger partial charge on any atom is -0.327 e. The lowest BCUT2D eigenvalue weighted by Crippen LogP contribution is -2.26. The van der Waals surface area contributed by atoms with Crippen LogP contribution in [0, 0.1) is 12.7 Å². The predicted octanol–water partition coefficient (Wildman–Crippen LogP) is 4.45. The van der Waals surface area contributed by atoms with E-state index in [4.69, 9.17) is 17.3 Å². The summed E-state index contributed by atoms with van der Waals surface area (Å²) in [5, 5.41) is 0.411. The molecule has 106 valence electrons. The van der Waals surface area contributed by atoms with Crippen LogP contribution >= 0.6 is 23.4 Å². The van der Waals surface area contributed by atoms with Gasteiger partial charge >= 0.3 is 0 Å². The zero-order chi connectivity index (χ0) is 14.5. The normalized spacial score (nSPS) is 12.4. The summed E-state index contributed by atoms with van der Waals surface area (Å²) >= 11 is 7.42. The van der Waals surface area contributed by atoms with Gasteiger partial charge in [0.25, 0.3) is 0 Å². The number of benzene rings is 2. The third-order valence-electron chi connectivity index (χ3n) is 2.98. The van der Waals surface area contributed by atoms with Gasteiger partial charge < -0.3 is 5.73 Å². The monoisotopic (exact) mass is 309 g/mol. The van der Waals surface area contributed by atoms with Gasteiger partial charge in [0, 0.05) is 21.7 Å². The van der Waals surface area contributed by atoms with Gasteiger partial charge in [-0.25, -0.2) is 4.39 Å². The summed E-state index contributed by atoms with van der Waals surface area (Å²) in [6.45, 7) is 2.06. The Balaban J connectivity index is 1.89. The number of thioether (sulfide) groups is 1. The lowest BCUT2D eigenvalue weighted by molar-refractivity contribution is 0.597. The van der Waals surface area contributed by atoms with Gasteiger partial charge in [0.05, 0.1) is 0 Å². The van der Waals surface area contributed by atoms with E-state index in [0.717, 1.165) is 5.75 Å². The number of rotatable bonds is 5. The highest BCUT2D eigenvalue weighted by Gasteiger charge is 2.09. The molecule has 0 heterocycles. The Labute approximate surface area is 128 Å². The van der Waals surface area contributed by atoms with Crippen molar-refractivity contribution in [2.45, 2.75) is 24.3 Å². The van der Waals surface area contributed by atoms with Gasteiger partial charge in [0.15, 0.2) is 0 Å². The first-order valence-corrected chi connectivity index (χ1v) is 7.80. The van der Waals surface area contributed by atoms with Crippen molar-refractivity contribution in [1.29, 1.82) is 0 Å². The van der Waals surface area contributed by atoms with E-state index in [1.165, 1.54) is 16.5 Å². The van der Waals surface area contributed by atoms with E-state index in [-0.39, 0.29) is 11.9 Å². The molecule has 0 saturated heterocycles. The Bertz CT molecular complexity index is 571. The van der Waals surface area contributed by atoms with E-state index >= 15 is 0 Å². The Hall–Kier alpha value is -1.03. The molecule has 1 atom stereocenters. The van der Waals surface area contributed by atoms with Crippen molar-refractivity contribution in [1.82, 2.24) is 0 Å². The molecule has 0 aliphatic carbocycles. The van der Waals surface area contributed by atoms with E-state index in [0.29, 0.717) is 17.0 Å². The highest BCUT2D eigenvalue weighted by molar-refractivity contribution is 7.99. The van der Waals surface area contributed by atoms with Crippen LogP contribution in [0.15, 0.2) is 47.4 Å². The predicted molar refractivity (Wildman–Crippen MR) is 85.0 cm³/mol. The minimum absolute atomic E-state index is 0.0861. The number of nitrogens with two attached hydrogens (primary N) is 1. The average molecular weight is 310 g/mol. The second kappa shape index (κ2) is 7.11. The Kier molecular flexibility index (Phi) is 5.46. The highest BCUT2D eigenvalue weighted by atomic mass is 35.5. The van der Waals surface area contributed by atoms with Gasteiger partial charge in [-0.1, -0.05) is 35.4 Å². The first-order chi connectivity index (χ1) is 9.54. The van der Waals surface area contributed by atoms with Crippen molar-refractivity contribution < 1.29 is 4.39 Å². The van der Waals surface area contributed by atoms with Gasteiger partial charge in [-0.15, -0.1) is 11.8 Å². The molecule has 0 aromatic heterocycles. The van der Waals surface area contributed by atoms with Crippen molar-refractivity contribution >= 4 is 23.4 Å². The zero-order valence-electron chi connectivity index (χ0n) is 11.3. The van der Waals surface area contributed by atoms with Gasteiger partial charge in [-0.3, -0.25) is 0 Å². The van der Waals surface area contributed by atoms with E-state index < -0.39 is 0 Å². The molecule has 0 saturated carbocycles. The Morgan fingerprint density at radius 3 is 2.55 bits per heavy atom. The van der Waals surface area contributed by atoms with Gasteiger partial charge in [-0.05, 0) is 43.2 Å². The lowest BCUT2D eigenvalue weighted by Gasteiger charge is -2.12. The van der Waals surface area contributed by atoms with Crippen molar-refractivity contribution in [2.75, 3.05) is 5.75 Å². The molecule has 0 spiro atoms. The second-order valence-electron chi connectivity index (χ2n) is 4.82. The molecule has 0 aliphatic heterocycles. The maximum Gasteiger partial charge on any atom is 0.127 e. The molecule has 2 rings (SSSR count). The van der Waals surface area contributed by atoms with Gasteiger partial charge in [0.2, 0.25) is 0 Å². The summed E-state index contributed by atoms with van der Waals surface area (Å²) in [6, 6.07) is 13.0. The van der Waals surface area contributed by atoms with Crippen molar-refractivity contribution in [3.8, 4) is 0 Å². The quantitative estimate of drug-likeness (QED) is 0.826. The van der Waals surface area contributed by atoms with Crippen molar-refractivity contribution in [3.05, 3.63) is 64.4 Å².